The van der Waals surface area contributed by atoms with Gasteiger partial charge in [-0.1, -0.05) is 39.7 Å². The second-order valence-corrected chi connectivity index (χ2v) is 5.50. The molecule has 20 heavy (non-hydrogen) atoms. The molecule has 0 aliphatic rings. The lowest BCUT2D eigenvalue weighted by atomic mass is 10.2. The van der Waals surface area contributed by atoms with Crippen LogP contribution in [0.3, 0.4) is 0 Å². The fraction of sp³-hybridized carbons (Fsp3) is 0.143. The highest BCUT2D eigenvalue weighted by Crippen LogP contribution is 2.29. The molecule has 0 aliphatic carbocycles. The summed E-state index contributed by atoms with van der Waals surface area (Å²) in [6.45, 7) is 1.92. The van der Waals surface area contributed by atoms with Crippen molar-refractivity contribution in [2.75, 3.05) is 0 Å². The third-order valence-corrected chi connectivity index (χ3v) is 3.70. The van der Waals surface area contributed by atoms with E-state index >= 15 is 0 Å². The molecule has 0 unspecified atom stereocenters. The fourth-order valence-electron chi connectivity index (χ4n) is 1.75. The zero-order valence-electron chi connectivity index (χ0n) is 10.6. The second kappa shape index (κ2) is 6.24. The van der Waals surface area contributed by atoms with Crippen molar-refractivity contribution in [3.05, 3.63) is 67.1 Å². The van der Waals surface area contributed by atoms with E-state index in [1.54, 1.807) is 25.1 Å². The molecule has 104 valence electrons. The number of ether oxygens (including phenoxy) is 1. The van der Waals surface area contributed by atoms with Gasteiger partial charge in [-0.3, -0.25) is 10.1 Å². The molecule has 0 radical (unpaired) electrons. The van der Waals surface area contributed by atoms with Crippen LogP contribution >= 0.6 is 27.5 Å². The molecule has 0 saturated carbocycles. The van der Waals surface area contributed by atoms with E-state index in [0.29, 0.717) is 16.3 Å². The Hall–Kier alpha value is -1.59. The maximum Gasteiger partial charge on any atom is 0.276 e. The highest BCUT2D eigenvalue weighted by atomic mass is 79.9. The van der Waals surface area contributed by atoms with Crippen molar-refractivity contribution in [1.82, 2.24) is 0 Å². The smallest absolute Gasteiger partial charge is 0.276 e. The van der Waals surface area contributed by atoms with Crippen LogP contribution in [0.4, 0.5) is 5.69 Å². The number of rotatable bonds is 4. The average molecular weight is 357 g/mol. The number of hydrogen-bond donors (Lipinski definition) is 0. The SMILES string of the molecule is Cc1c(OCc2ccc(Br)cc2Cl)cccc1[N+](=O)[O-]. The predicted molar refractivity (Wildman–Crippen MR) is 81.3 cm³/mol. The Morgan fingerprint density at radius 1 is 1.35 bits per heavy atom. The Morgan fingerprint density at radius 2 is 2.10 bits per heavy atom. The van der Waals surface area contributed by atoms with Gasteiger partial charge in [0.05, 0.1) is 10.5 Å². The average Bonchev–Trinajstić information content (AvgIpc) is 2.39. The normalized spacial score (nSPS) is 10.3. The van der Waals surface area contributed by atoms with Gasteiger partial charge in [-0.05, 0) is 25.1 Å². The summed E-state index contributed by atoms with van der Waals surface area (Å²) in [4.78, 5) is 10.4. The molecule has 0 atom stereocenters. The highest BCUT2D eigenvalue weighted by Gasteiger charge is 2.14. The van der Waals surface area contributed by atoms with Crippen LogP contribution in [-0.2, 0) is 6.61 Å². The van der Waals surface area contributed by atoms with E-state index < -0.39 is 4.92 Å². The molecule has 2 aromatic carbocycles. The van der Waals surface area contributed by atoms with Crippen LogP contribution in [0, 0.1) is 17.0 Å². The Balaban J connectivity index is 2.19. The van der Waals surface area contributed by atoms with Gasteiger partial charge in [0.2, 0.25) is 0 Å². The molecule has 6 heteroatoms. The number of benzene rings is 2. The number of nitro benzene ring substituents is 1. The summed E-state index contributed by atoms with van der Waals surface area (Å²) in [6.07, 6.45) is 0. The van der Waals surface area contributed by atoms with Crippen LogP contribution in [0.2, 0.25) is 5.02 Å². The molecular weight excluding hydrogens is 346 g/mol. The molecule has 2 aromatic rings. The first-order valence-electron chi connectivity index (χ1n) is 5.80. The van der Waals surface area contributed by atoms with Crippen LogP contribution in [0.15, 0.2) is 40.9 Å². The minimum Gasteiger partial charge on any atom is -0.488 e. The standard InChI is InChI=1S/C14H11BrClNO3/c1-9-13(17(18)19)3-2-4-14(9)20-8-10-5-6-11(15)7-12(10)16/h2-7H,8H2,1H3. The van der Waals surface area contributed by atoms with Crippen LogP contribution in [0.1, 0.15) is 11.1 Å². The van der Waals surface area contributed by atoms with Crippen molar-refractivity contribution in [3.63, 3.8) is 0 Å². The maximum absolute atomic E-state index is 10.9. The summed E-state index contributed by atoms with van der Waals surface area (Å²) in [6, 6.07) is 10.2. The van der Waals surface area contributed by atoms with E-state index in [1.165, 1.54) is 6.07 Å². The fourth-order valence-corrected chi connectivity index (χ4v) is 2.48. The Labute approximate surface area is 129 Å². The van der Waals surface area contributed by atoms with Gasteiger partial charge in [0.25, 0.3) is 5.69 Å². The molecule has 0 aromatic heterocycles. The van der Waals surface area contributed by atoms with Gasteiger partial charge in [-0.25, -0.2) is 0 Å². The van der Waals surface area contributed by atoms with Crippen molar-refractivity contribution in [3.8, 4) is 5.75 Å². The molecule has 0 spiro atoms. The first-order valence-corrected chi connectivity index (χ1v) is 6.97. The van der Waals surface area contributed by atoms with E-state index in [1.807, 2.05) is 12.1 Å². The minimum absolute atomic E-state index is 0.0457. The van der Waals surface area contributed by atoms with Crippen molar-refractivity contribution in [2.24, 2.45) is 0 Å². The summed E-state index contributed by atoms with van der Waals surface area (Å²) < 4.78 is 6.52. The molecular formula is C14H11BrClNO3. The van der Waals surface area contributed by atoms with Gasteiger partial charge in [0.1, 0.15) is 12.4 Å². The zero-order chi connectivity index (χ0) is 14.7. The first-order chi connectivity index (χ1) is 9.49. The van der Waals surface area contributed by atoms with E-state index in [4.69, 9.17) is 16.3 Å². The third kappa shape index (κ3) is 3.29. The van der Waals surface area contributed by atoms with Gasteiger partial charge in [-0.2, -0.15) is 0 Å². The lowest BCUT2D eigenvalue weighted by Gasteiger charge is -2.10. The molecule has 0 amide bonds. The van der Waals surface area contributed by atoms with Crippen LogP contribution in [0.25, 0.3) is 0 Å². The number of halogens is 2. The largest absolute Gasteiger partial charge is 0.488 e. The molecule has 0 N–H and O–H groups in total. The van der Waals surface area contributed by atoms with Crippen LogP contribution in [0.5, 0.6) is 5.75 Å². The zero-order valence-corrected chi connectivity index (χ0v) is 12.9. The van der Waals surface area contributed by atoms with Crippen molar-refractivity contribution in [1.29, 1.82) is 0 Å². The summed E-state index contributed by atoms with van der Waals surface area (Å²) in [5, 5.41) is 11.4. The molecule has 4 nitrogen and oxygen atoms in total. The van der Waals surface area contributed by atoms with Crippen LogP contribution in [-0.4, -0.2) is 4.92 Å². The van der Waals surface area contributed by atoms with Crippen molar-refractivity contribution < 1.29 is 9.66 Å². The third-order valence-electron chi connectivity index (χ3n) is 2.85. The number of hydrogen-bond acceptors (Lipinski definition) is 3. The Kier molecular flexibility index (Phi) is 4.62. The van der Waals surface area contributed by atoms with Crippen LogP contribution < -0.4 is 4.74 Å². The van der Waals surface area contributed by atoms with E-state index in [2.05, 4.69) is 15.9 Å². The molecule has 0 saturated heterocycles. The summed E-state index contributed by atoms with van der Waals surface area (Å²) in [5.74, 6) is 0.484. The number of nitro groups is 1. The quantitative estimate of drug-likeness (QED) is 0.578. The monoisotopic (exact) mass is 355 g/mol. The number of nitrogens with zero attached hydrogens (tertiary/aromatic N) is 1. The van der Waals surface area contributed by atoms with Gasteiger partial charge >= 0.3 is 0 Å². The predicted octanol–water partition coefficient (Wildman–Crippen LogP) is 4.90. The van der Waals surface area contributed by atoms with Crippen molar-refractivity contribution >= 4 is 33.2 Å². The summed E-state index contributed by atoms with van der Waals surface area (Å²) >= 11 is 9.43. The highest BCUT2D eigenvalue weighted by molar-refractivity contribution is 9.10. The van der Waals surface area contributed by atoms with Gasteiger partial charge in [0, 0.05) is 21.1 Å². The summed E-state index contributed by atoms with van der Waals surface area (Å²) in [5.41, 5.74) is 1.37. The van der Waals surface area contributed by atoms with E-state index in [-0.39, 0.29) is 12.3 Å². The topological polar surface area (TPSA) is 52.4 Å². The Morgan fingerprint density at radius 3 is 2.75 bits per heavy atom. The molecule has 0 aliphatic heterocycles. The molecule has 2 rings (SSSR count). The maximum atomic E-state index is 10.9. The lowest BCUT2D eigenvalue weighted by Crippen LogP contribution is -2.00. The van der Waals surface area contributed by atoms with E-state index in [9.17, 15) is 10.1 Å². The van der Waals surface area contributed by atoms with Gasteiger partial charge in [0.15, 0.2) is 0 Å². The molecule has 0 heterocycles. The molecule has 0 fully saturated rings. The minimum atomic E-state index is -0.422. The second-order valence-electron chi connectivity index (χ2n) is 4.18. The Bertz CT molecular complexity index is 661. The first kappa shape index (κ1) is 14.8. The van der Waals surface area contributed by atoms with Gasteiger partial charge in [-0.15, -0.1) is 0 Å². The lowest BCUT2D eigenvalue weighted by molar-refractivity contribution is -0.385. The van der Waals surface area contributed by atoms with Gasteiger partial charge < -0.3 is 4.74 Å². The molecule has 0 bridgehead atoms. The van der Waals surface area contributed by atoms with Crippen molar-refractivity contribution in [2.45, 2.75) is 13.5 Å². The van der Waals surface area contributed by atoms with E-state index in [0.717, 1.165) is 10.0 Å². The summed E-state index contributed by atoms with van der Waals surface area (Å²) in [7, 11) is 0.